The summed E-state index contributed by atoms with van der Waals surface area (Å²) >= 11 is 0. The molecule has 1 aromatic rings. The van der Waals surface area contributed by atoms with Gasteiger partial charge >= 0.3 is 0 Å². The molecule has 0 radical (unpaired) electrons. The quantitative estimate of drug-likeness (QED) is 0.605. The van der Waals surface area contributed by atoms with Crippen LogP contribution in [0.5, 0.6) is 5.75 Å². The maximum absolute atomic E-state index is 10.3. The topological polar surface area (TPSA) is 57.1 Å². The van der Waals surface area contributed by atoms with E-state index >= 15 is 0 Å². The van der Waals surface area contributed by atoms with E-state index in [1.807, 2.05) is 0 Å². The van der Waals surface area contributed by atoms with E-state index in [-0.39, 0.29) is 24.2 Å². The Morgan fingerprint density at radius 3 is 2.41 bits per heavy atom. The van der Waals surface area contributed by atoms with E-state index in [0.717, 1.165) is 18.0 Å². The summed E-state index contributed by atoms with van der Waals surface area (Å²) in [6, 6.07) is 7.02. The monoisotopic (exact) mass is 327 g/mol. The Morgan fingerprint density at radius 2 is 1.77 bits per heavy atom. The maximum Gasteiger partial charge on any atom is 0.130 e. The molecule has 0 spiro atoms. The van der Waals surface area contributed by atoms with Gasteiger partial charge in [-0.2, -0.15) is 0 Å². The molecule has 1 aromatic carbocycles. The highest BCUT2D eigenvalue weighted by atomic mass is 35.5. The molecule has 1 aliphatic carbocycles. The van der Waals surface area contributed by atoms with Crippen molar-refractivity contribution in [3.63, 3.8) is 0 Å². The van der Waals surface area contributed by atoms with Crippen molar-refractivity contribution in [2.45, 2.75) is 64.0 Å². The van der Waals surface area contributed by atoms with Crippen molar-refractivity contribution in [3.05, 3.63) is 29.8 Å². The molecular weight excluding hydrogens is 298 g/mol. The van der Waals surface area contributed by atoms with E-state index in [0.29, 0.717) is 0 Å². The third kappa shape index (κ3) is 6.15. The largest absolute Gasteiger partial charge is 1.00 e. The van der Waals surface area contributed by atoms with Crippen LogP contribution in [-0.4, -0.2) is 22.8 Å². The van der Waals surface area contributed by atoms with Crippen LogP contribution in [0.4, 0.5) is 0 Å². The minimum absolute atomic E-state index is 0. The predicted octanol–water partition coefficient (Wildman–Crippen LogP) is -0.258. The molecule has 0 heterocycles. The molecule has 1 fully saturated rings. The van der Waals surface area contributed by atoms with Crippen LogP contribution in [-0.2, 0) is 0 Å². The lowest BCUT2D eigenvalue weighted by Gasteiger charge is -2.22. The van der Waals surface area contributed by atoms with Gasteiger partial charge in [0, 0.05) is 0 Å². The second-order valence-electron chi connectivity index (χ2n) is 6.57. The zero-order chi connectivity index (χ0) is 15.1. The van der Waals surface area contributed by atoms with Crippen LogP contribution in [0, 0.1) is 5.92 Å². The molecule has 4 N–H and O–H groups in total. The van der Waals surface area contributed by atoms with Gasteiger partial charge in [-0.25, -0.2) is 0 Å². The van der Waals surface area contributed by atoms with E-state index in [4.69, 9.17) is 0 Å². The number of phenolic OH excluding ortho intramolecular Hbond substituents is 1. The fourth-order valence-corrected chi connectivity index (χ4v) is 3.37. The number of aliphatic hydroxyl groups excluding tert-OH is 1. The molecule has 2 unspecified atom stereocenters. The number of aromatic hydroxyl groups is 1. The summed E-state index contributed by atoms with van der Waals surface area (Å²) in [5, 5.41) is 21.9. The van der Waals surface area contributed by atoms with Gasteiger partial charge in [0.25, 0.3) is 0 Å². The predicted molar refractivity (Wildman–Crippen MR) is 85.1 cm³/mol. The third-order valence-electron chi connectivity index (χ3n) is 4.81. The molecule has 0 aliphatic heterocycles. The molecule has 22 heavy (non-hydrogen) atoms. The number of aliphatic hydroxyl groups is 1. The molecule has 1 aliphatic rings. The number of nitrogens with two attached hydrogens (primary N) is 1. The SMILES string of the molecule is CC([NH2+]CCCC1CCCCC1)C(O)c1ccc(O)cc1.[Cl-]. The maximum atomic E-state index is 10.3. The smallest absolute Gasteiger partial charge is 0.130 e. The normalized spacial score (nSPS) is 18.5. The van der Waals surface area contributed by atoms with Gasteiger partial charge < -0.3 is 27.9 Å². The second kappa shape index (κ2) is 10.1. The first kappa shape index (κ1) is 19.3. The summed E-state index contributed by atoms with van der Waals surface area (Å²) in [4.78, 5) is 0. The van der Waals surface area contributed by atoms with Crippen molar-refractivity contribution in [2.24, 2.45) is 5.92 Å². The first-order valence-electron chi connectivity index (χ1n) is 8.47. The number of hydrogen-bond acceptors (Lipinski definition) is 2. The fraction of sp³-hybridized carbons (Fsp3) is 0.667. The van der Waals surface area contributed by atoms with Crippen molar-refractivity contribution in [1.29, 1.82) is 0 Å². The van der Waals surface area contributed by atoms with Gasteiger partial charge in [-0.05, 0) is 43.4 Å². The van der Waals surface area contributed by atoms with Gasteiger partial charge in [0.15, 0.2) is 0 Å². The van der Waals surface area contributed by atoms with Gasteiger partial charge in [0.1, 0.15) is 17.9 Å². The molecule has 0 amide bonds. The van der Waals surface area contributed by atoms with Gasteiger partial charge in [-0.15, -0.1) is 0 Å². The van der Waals surface area contributed by atoms with Crippen LogP contribution < -0.4 is 17.7 Å². The van der Waals surface area contributed by atoms with Crippen LogP contribution in [0.3, 0.4) is 0 Å². The number of phenols is 1. The Labute approximate surface area is 140 Å². The van der Waals surface area contributed by atoms with E-state index < -0.39 is 6.10 Å². The molecule has 0 aromatic heterocycles. The lowest BCUT2D eigenvalue weighted by atomic mass is 9.86. The standard InChI is InChI=1S/C18H29NO2.ClH/c1-14(18(21)16-9-11-17(20)12-10-16)19-13-5-8-15-6-3-2-4-7-15;/h9-12,14-15,18-21H,2-8,13H2,1H3;1H. The average molecular weight is 328 g/mol. The second-order valence-corrected chi connectivity index (χ2v) is 6.57. The molecule has 4 heteroatoms. The van der Waals surface area contributed by atoms with Crippen LogP contribution in [0.1, 0.15) is 63.5 Å². The van der Waals surface area contributed by atoms with E-state index in [1.165, 1.54) is 44.9 Å². The molecule has 0 bridgehead atoms. The third-order valence-corrected chi connectivity index (χ3v) is 4.81. The first-order valence-corrected chi connectivity index (χ1v) is 8.47. The summed E-state index contributed by atoms with van der Waals surface area (Å²) in [5.74, 6) is 1.19. The molecule has 0 saturated heterocycles. The van der Waals surface area contributed by atoms with Gasteiger partial charge in [-0.3, -0.25) is 0 Å². The molecule has 2 atom stereocenters. The van der Waals surface area contributed by atoms with Crippen molar-refractivity contribution < 1.29 is 27.9 Å². The number of rotatable bonds is 7. The first-order chi connectivity index (χ1) is 10.2. The molecule has 1 saturated carbocycles. The number of quaternary nitrogens is 1. The Bertz CT molecular complexity index is 404. The zero-order valence-electron chi connectivity index (χ0n) is 13.5. The molecule has 2 rings (SSSR count). The van der Waals surface area contributed by atoms with E-state index in [2.05, 4.69) is 12.2 Å². The van der Waals surface area contributed by atoms with Crippen LogP contribution in [0.2, 0.25) is 0 Å². The Hall–Kier alpha value is -0.770. The zero-order valence-corrected chi connectivity index (χ0v) is 14.3. The summed E-state index contributed by atoms with van der Waals surface area (Å²) in [6.07, 6.45) is 9.24. The summed E-state index contributed by atoms with van der Waals surface area (Å²) in [5.41, 5.74) is 0.879. The Morgan fingerprint density at radius 1 is 1.14 bits per heavy atom. The number of halogens is 1. The molecular formula is C18H30ClNO2. The molecule has 3 nitrogen and oxygen atoms in total. The van der Waals surface area contributed by atoms with Crippen molar-refractivity contribution in [1.82, 2.24) is 0 Å². The highest BCUT2D eigenvalue weighted by molar-refractivity contribution is 5.27. The summed E-state index contributed by atoms with van der Waals surface area (Å²) < 4.78 is 0. The van der Waals surface area contributed by atoms with Crippen LogP contribution in [0.15, 0.2) is 24.3 Å². The van der Waals surface area contributed by atoms with Crippen LogP contribution >= 0.6 is 0 Å². The summed E-state index contributed by atoms with van der Waals surface area (Å²) in [7, 11) is 0. The highest BCUT2D eigenvalue weighted by Crippen LogP contribution is 2.26. The van der Waals surface area contributed by atoms with E-state index in [1.54, 1.807) is 24.3 Å². The highest BCUT2D eigenvalue weighted by Gasteiger charge is 2.19. The van der Waals surface area contributed by atoms with Gasteiger partial charge in [-0.1, -0.05) is 44.2 Å². The minimum atomic E-state index is -0.472. The average Bonchev–Trinajstić information content (AvgIpc) is 2.52. The Kier molecular flexibility index (Phi) is 8.84. The molecule has 126 valence electrons. The number of benzene rings is 1. The van der Waals surface area contributed by atoms with Gasteiger partial charge in [0.05, 0.1) is 6.54 Å². The van der Waals surface area contributed by atoms with Gasteiger partial charge in [0.2, 0.25) is 0 Å². The fourth-order valence-electron chi connectivity index (χ4n) is 3.37. The summed E-state index contributed by atoms with van der Waals surface area (Å²) in [6.45, 7) is 3.16. The van der Waals surface area contributed by atoms with Crippen molar-refractivity contribution >= 4 is 0 Å². The Balaban J connectivity index is 0.00000242. The van der Waals surface area contributed by atoms with Crippen molar-refractivity contribution in [3.8, 4) is 5.75 Å². The van der Waals surface area contributed by atoms with Crippen LogP contribution in [0.25, 0.3) is 0 Å². The van der Waals surface area contributed by atoms with E-state index in [9.17, 15) is 10.2 Å². The number of hydrogen-bond donors (Lipinski definition) is 3. The lowest BCUT2D eigenvalue weighted by Crippen LogP contribution is -3.00. The van der Waals surface area contributed by atoms with Crippen molar-refractivity contribution in [2.75, 3.05) is 6.54 Å². The lowest BCUT2D eigenvalue weighted by molar-refractivity contribution is -0.694. The minimum Gasteiger partial charge on any atom is -1.00 e.